The third-order valence-electron chi connectivity index (χ3n) is 2.46. The summed E-state index contributed by atoms with van der Waals surface area (Å²) < 4.78 is 41.0. The van der Waals surface area contributed by atoms with Crippen molar-refractivity contribution in [3.8, 4) is 0 Å². The molecule has 0 saturated carbocycles. The van der Waals surface area contributed by atoms with Gasteiger partial charge in [0.25, 0.3) is 0 Å². The predicted molar refractivity (Wildman–Crippen MR) is 65.7 cm³/mol. The molecule has 1 unspecified atom stereocenters. The molecule has 3 N–H and O–H groups in total. The number of ether oxygens (including phenoxy) is 1. The molecule has 0 heterocycles. The van der Waals surface area contributed by atoms with Crippen LogP contribution in [0.4, 0.5) is 24.5 Å². The molecule has 0 bridgehead atoms. The van der Waals surface area contributed by atoms with E-state index < -0.39 is 24.8 Å². The molecule has 7 heteroatoms. The Labute approximate surface area is 108 Å². The number of nitrogens with one attached hydrogen (secondary N) is 1. The third kappa shape index (κ3) is 4.78. The van der Waals surface area contributed by atoms with Crippen LogP contribution < -0.4 is 11.1 Å². The first kappa shape index (κ1) is 15.3. The number of alkyl halides is 3. The zero-order valence-electron chi connectivity index (χ0n) is 10.5. The Morgan fingerprint density at radius 3 is 2.68 bits per heavy atom. The number of rotatable bonds is 4. The van der Waals surface area contributed by atoms with Crippen molar-refractivity contribution in [3.05, 3.63) is 23.8 Å². The quantitative estimate of drug-likeness (QED) is 0.830. The van der Waals surface area contributed by atoms with E-state index in [1.54, 1.807) is 19.1 Å². The van der Waals surface area contributed by atoms with Gasteiger partial charge in [0.15, 0.2) is 6.10 Å². The first-order chi connectivity index (χ1) is 8.70. The monoisotopic (exact) mass is 276 g/mol. The summed E-state index contributed by atoms with van der Waals surface area (Å²) in [6.45, 7) is 1.92. The van der Waals surface area contributed by atoms with Gasteiger partial charge < -0.3 is 15.8 Å². The Morgan fingerprint density at radius 2 is 2.11 bits per heavy atom. The van der Waals surface area contributed by atoms with Gasteiger partial charge >= 0.3 is 6.18 Å². The van der Waals surface area contributed by atoms with E-state index in [4.69, 9.17) is 5.73 Å². The molecule has 0 aromatic heterocycles. The summed E-state index contributed by atoms with van der Waals surface area (Å²) in [5, 5.41) is 2.45. The first-order valence-electron chi connectivity index (χ1n) is 5.54. The molecule has 1 aromatic carbocycles. The van der Waals surface area contributed by atoms with E-state index in [0.29, 0.717) is 11.4 Å². The second kappa shape index (κ2) is 5.92. The molecule has 0 aliphatic carbocycles. The summed E-state index contributed by atoms with van der Waals surface area (Å²) in [4.78, 5) is 11.5. The van der Waals surface area contributed by atoms with Crippen LogP contribution in [0.25, 0.3) is 0 Å². The maximum atomic E-state index is 12.2. The van der Waals surface area contributed by atoms with E-state index in [-0.39, 0.29) is 0 Å². The third-order valence-corrected chi connectivity index (χ3v) is 2.46. The van der Waals surface area contributed by atoms with E-state index in [1.165, 1.54) is 6.07 Å². The van der Waals surface area contributed by atoms with Gasteiger partial charge in [0.2, 0.25) is 5.91 Å². The number of benzene rings is 1. The Balaban J connectivity index is 2.54. The molecule has 0 radical (unpaired) electrons. The number of amides is 1. The molecule has 0 aliphatic rings. The zero-order valence-corrected chi connectivity index (χ0v) is 10.5. The van der Waals surface area contributed by atoms with Crippen molar-refractivity contribution in [2.24, 2.45) is 0 Å². The highest BCUT2D eigenvalue weighted by Crippen LogP contribution is 2.22. The van der Waals surface area contributed by atoms with Crippen LogP contribution in [0, 0.1) is 6.92 Å². The molecular formula is C12H15F3N2O2. The van der Waals surface area contributed by atoms with Crippen LogP contribution in [0.15, 0.2) is 18.2 Å². The molecule has 1 rings (SSSR count). The lowest BCUT2D eigenvalue weighted by atomic mass is 10.2. The lowest BCUT2D eigenvalue weighted by Crippen LogP contribution is -2.32. The number of nitrogen functional groups attached to an aromatic ring is 1. The van der Waals surface area contributed by atoms with Crippen molar-refractivity contribution in [1.82, 2.24) is 0 Å². The lowest BCUT2D eigenvalue weighted by molar-refractivity contribution is -0.213. The summed E-state index contributed by atoms with van der Waals surface area (Å²) in [5.41, 5.74) is 7.21. The number of hydrogen-bond acceptors (Lipinski definition) is 3. The topological polar surface area (TPSA) is 64.3 Å². The molecule has 4 nitrogen and oxygen atoms in total. The number of hydrogen-bond donors (Lipinski definition) is 2. The molecule has 0 aliphatic heterocycles. The number of halogens is 3. The summed E-state index contributed by atoms with van der Waals surface area (Å²) in [5.74, 6) is -0.662. The minimum Gasteiger partial charge on any atom is -0.399 e. The van der Waals surface area contributed by atoms with Crippen molar-refractivity contribution in [1.29, 1.82) is 0 Å². The molecule has 0 spiro atoms. The fourth-order valence-electron chi connectivity index (χ4n) is 1.26. The average molecular weight is 276 g/mol. The normalized spacial score (nSPS) is 13.1. The fraction of sp³-hybridized carbons (Fsp3) is 0.417. The highest BCUT2D eigenvalue weighted by atomic mass is 19.4. The van der Waals surface area contributed by atoms with Gasteiger partial charge in [0.05, 0.1) is 0 Å². The molecular weight excluding hydrogens is 261 g/mol. The molecule has 1 aromatic rings. The van der Waals surface area contributed by atoms with Crippen molar-refractivity contribution in [2.45, 2.75) is 26.1 Å². The SMILES string of the molecule is Cc1ccc(N)cc1NC(=O)COC(C)C(F)(F)F. The first-order valence-corrected chi connectivity index (χ1v) is 5.54. The van der Waals surface area contributed by atoms with E-state index in [9.17, 15) is 18.0 Å². The fourth-order valence-corrected chi connectivity index (χ4v) is 1.26. The van der Waals surface area contributed by atoms with Crippen LogP contribution in [0.3, 0.4) is 0 Å². The zero-order chi connectivity index (χ0) is 14.6. The minimum absolute atomic E-state index is 0.450. The molecule has 1 amide bonds. The molecule has 0 saturated heterocycles. The highest BCUT2D eigenvalue weighted by molar-refractivity contribution is 5.92. The number of aryl methyl sites for hydroxylation is 1. The molecule has 1 atom stereocenters. The van der Waals surface area contributed by atoms with Crippen molar-refractivity contribution >= 4 is 17.3 Å². The minimum atomic E-state index is -4.48. The van der Waals surface area contributed by atoms with Gasteiger partial charge in [-0.15, -0.1) is 0 Å². The van der Waals surface area contributed by atoms with Crippen molar-refractivity contribution in [3.63, 3.8) is 0 Å². The second-order valence-corrected chi connectivity index (χ2v) is 4.12. The number of carbonyl (C=O) groups excluding carboxylic acids is 1. The maximum Gasteiger partial charge on any atom is 0.414 e. The number of nitrogens with two attached hydrogens (primary N) is 1. The van der Waals surface area contributed by atoms with Crippen LogP contribution >= 0.6 is 0 Å². The molecule has 106 valence electrons. The van der Waals surface area contributed by atoms with E-state index >= 15 is 0 Å². The van der Waals surface area contributed by atoms with Crippen LogP contribution in [0.1, 0.15) is 12.5 Å². The number of carbonyl (C=O) groups is 1. The van der Waals surface area contributed by atoms with E-state index in [2.05, 4.69) is 10.1 Å². The Morgan fingerprint density at radius 1 is 1.47 bits per heavy atom. The Hall–Kier alpha value is -1.76. The maximum absolute atomic E-state index is 12.2. The average Bonchev–Trinajstić information content (AvgIpc) is 2.29. The van der Waals surface area contributed by atoms with Crippen LogP contribution in [0.5, 0.6) is 0 Å². The van der Waals surface area contributed by atoms with Gasteiger partial charge in [-0.2, -0.15) is 13.2 Å². The van der Waals surface area contributed by atoms with E-state index in [0.717, 1.165) is 12.5 Å². The Kier molecular flexibility index (Phi) is 4.77. The Bertz CT molecular complexity index is 461. The van der Waals surface area contributed by atoms with Crippen LogP contribution in [-0.2, 0) is 9.53 Å². The molecule has 19 heavy (non-hydrogen) atoms. The second-order valence-electron chi connectivity index (χ2n) is 4.12. The van der Waals surface area contributed by atoms with E-state index in [1.807, 2.05) is 0 Å². The van der Waals surface area contributed by atoms with Crippen molar-refractivity contribution < 1.29 is 22.7 Å². The van der Waals surface area contributed by atoms with Gasteiger partial charge in [-0.3, -0.25) is 4.79 Å². The van der Waals surface area contributed by atoms with Crippen LogP contribution in [-0.4, -0.2) is 24.8 Å². The summed E-state index contributed by atoms with van der Waals surface area (Å²) >= 11 is 0. The van der Waals surface area contributed by atoms with Gasteiger partial charge in [0.1, 0.15) is 6.61 Å². The highest BCUT2D eigenvalue weighted by Gasteiger charge is 2.37. The smallest absolute Gasteiger partial charge is 0.399 e. The lowest BCUT2D eigenvalue weighted by Gasteiger charge is -2.16. The summed E-state index contributed by atoms with van der Waals surface area (Å²) in [6.07, 6.45) is -6.46. The largest absolute Gasteiger partial charge is 0.414 e. The standard InChI is InChI=1S/C12H15F3N2O2/c1-7-3-4-9(16)5-10(7)17-11(18)6-19-8(2)12(13,14)15/h3-5,8H,6,16H2,1-2H3,(H,17,18). The number of anilines is 2. The van der Waals surface area contributed by atoms with Gasteiger partial charge in [-0.05, 0) is 31.5 Å². The van der Waals surface area contributed by atoms with Gasteiger partial charge in [-0.25, -0.2) is 0 Å². The predicted octanol–water partition coefficient (Wildman–Crippen LogP) is 2.48. The summed E-state index contributed by atoms with van der Waals surface area (Å²) in [6, 6.07) is 4.89. The summed E-state index contributed by atoms with van der Waals surface area (Å²) in [7, 11) is 0. The van der Waals surface area contributed by atoms with Gasteiger partial charge in [-0.1, -0.05) is 6.07 Å². The van der Waals surface area contributed by atoms with Crippen molar-refractivity contribution in [2.75, 3.05) is 17.7 Å². The molecule has 0 fully saturated rings. The van der Waals surface area contributed by atoms with Gasteiger partial charge in [0, 0.05) is 11.4 Å². The van der Waals surface area contributed by atoms with Crippen LogP contribution in [0.2, 0.25) is 0 Å².